The maximum atomic E-state index is 4.06. The Bertz CT molecular complexity index is 247. The minimum absolute atomic E-state index is 0.616. The molecule has 0 fully saturated rings. The Balaban J connectivity index is 2.33. The van der Waals surface area contributed by atoms with Gasteiger partial charge < -0.3 is 10.2 Å². The zero-order chi connectivity index (χ0) is 9.68. The first kappa shape index (κ1) is 10.4. The summed E-state index contributed by atoms with van der Waals surface area (Å²) < 4.78 is 0.769. The number of rotatable bonds is 4. The van der Waals surface area contributed by atoms with Gasteiger partial charge in [0.1, 0.15) is 6.20 Å². The van der Waals surface area contributed by atoms with Crippen LogP contribution < -0.4 is 5.32 Å². The monoisotopic (exact) mass is 243 g/mol. The minimum atomic E-state index is 0.616. The average Bonchev–Trinajstić information content (AvgIpc) is 2.08. The highest BCUT2D eigenvalue weighted by molar-refractivity contribution is 9.10. The third kappa shape index (κ3) is 4.19. The van der Waals surface area contributed by atoms with Gasteiger partial charge >= 0.3 is 0 Å². The quantitative estimate of drug-likeness (QED) is 0.858. The van der Waals surface area contributed by atoms with Crippen LogP contribution in [0.4, 0.5) is 5.95 Å². The fourth-order valence-corrected chi connectivity index (χ4v) is 0.949. The molecule has 0 atom stereocenters. The number of hydrogen-bond acceptors (Lipinski definition) is 4. The summed E-state index contributed by atoms with van der Waals surface area (Å²) in [5.41, 5.74) is 0. The van der Waals surface area contributed by atoms with Gasteiger partial charge in [-0.2, -0.15) is 0 Å². The van der Waals surface area contributed by atoms with Crippen LogP contribution in [0.1, 0.15) is 0 Å². The van der Waals surface area contributed by atoms with Crippen molar-refractivity contribution in [1.29, 1.82) is 0 Å². The summed E-state index contributed by atoms with van der Waals surface area (Å²) >= 11 is 3.22. The molecule has 0 aliphatic heterocycles. The standard InChI is InChI=1S/C8H12BrN4/c1-13(2)4-3-10-8-11-5-7(9)6-12-8/h5H,3-4H2,1-2H3,(H,10,11,12). The second-order valence-electron chi connectivity index (χ2n) is 2.88. The summed E-state index contributed by atoms with van der Waals surface area (Å²) in [6, 6.07) is 0. The maximum absolute atomic E-state index is 4.06. The zero-order valence-electron chi connectivity index (χ0n) is 7.71. The minimum Gasteiger partial charge on any atom is -0.353 e. The molecule has 1 heterocycles. The van der Waals surface area contributed by atoms with E-state index >= 15 is 0 Å². The number of likely N-dealkylation sites (N-methyl/N-ethyl adjacent to an activating group) is 1. The molecule has 71 valence electrons. The van der Waals surface area contributed by atoms with Crippen LogP contribution in [0.2, 0.25) is 0 Å². The first-order valence-electron chi connectivity index (χ1n) is 3.97. The molecule has 1 N–H and O–H groups in total. The highest BCUT2D eigenvalue weighted by Gasteiger charge is 1.95. The van der Waals surface area contributed by atoms with Gasteiger partial charge in [-0.15, -0.1) is 0 Å². The summed E-state index contributed by atoms with van der Waals surface area (Å²) in [5, 5.41) is 3.09. The van der Waals surface area contributed by atoms with E-state index < -0.39 is 0 Å². The highest BCUT2D eigenvalue weighted by atomic mass is 79.9. The lowest BCUT2D eigenvalue weighted by Gasteiger charge is -2.09. The molecule has 5 heteroatoms. The molecule has 0 bridgehead atoms. The Hall–Kier alpha value is -0.680. The highest BCUT2D eigenvalue weighted by Crippen LogP contribution is 2.05. The molecule has 0 saturated carbocycles. The van der Waals surface area contributed by atoms with Gasteiger partial charge in [-0.25, -0.2) is 9.97 Å². The van der Waals surface area contributed by atoms with Crippen molar-refractivity contribution in [3.05, 3.63) is 16.9 Å². The smallest absolute Gasteiger partial charge is 0.223 e. The Labute approximate surface area is 86.5 Å². The van der Waals surface area contributed by atoms with Crippen LogP contribution in [0.5, 0.6) is 0 Å². The summed E-state index contributed by atoms with van der Waals surface area (Å²) in [6.45, 7) is 1.79. The normalized spacial score (nSPS) is 10.5. The Kier molecular flexibility index (Phi) is 4.11. The molecule has 0 amide bonds. The Morgan fingerprint density at radius 2 is 2.38 bits per heavy atom. The second-order valence-corrected chi connectivity index (χ2v) is 3.74. The van der Waals surface area contributed by atoms with Crippen LogP contribution in [0.15, 0.2) is 10.7 Å². The Morgan fingerprint density at radius 1 is 1.62 bits per heavy atom. The molecule has 1 rings (SSSR count). The molecule has 0 unspecified atom stereocenters. The third-order valence-corrected chi connectivity index (χ3v) is 1.79. The van der Waals surface area contributed by atoms with Gasteiger partial charge in [0.05, 0.1) is 4.47 Å². The molecular weight excluding hydrogens is 232 g/mol. The zero-order valence-corrected chi connectivity index (χ0v) is 9.30. The van der Waals surface area contributed by atoms with Crippen molar-refractivity contribution < 1.29 is 0 Å². The van der Waals surface area contributed by atoms with Crippen LogP contribution >= 0.6 is 15.9 Å². The van der Waals surface area contributed by atoms with Crippen LogP contribution in [0.25, 0.3) is 0 Å². The summed E-state index contributed by atoms with van der Waals surface area (Å²) in [6.07, 6.45) is 4.44. The first-order valence-corrected chi connectivity index (χ1v) is 4.76. The number of aromatic nitrogens is 2. The molecule has 0 aliphatic carbocycles. The van der Waals surface area contributed by atoms with Gasteiger partial charge in [0.15, 0.2) is 0 Å². The van der Waals surface area contributed by atoms with E-state index in [-0.39, 0.29) is 0 Å². The predicted molar refractivity (Wildman–Crippen MR) is 55.6 cm³/mol. The lowest BCUT2D eigenvalue weighted by Crippen LogP contribution is -2.21. The molecule has 0 saturated heterocycles. The lowest BCUT2D eigenvalue weighted by molar-refractivity contribution is 0.425. The maximum Gasteiger partial charge on any atom is 0.223 e. The van der Waals surface area contributed by atoms with Crippen molar-refractivity contribution in [2.45, 2.75) is 0 Å². The van der Waals surface area contributed by atoms with Crippen molar-refractivity contribution in [2.75, 3.05) is 32.5 Å². The van der Waals surface area contributed by atoms with Crippen molar-refractivity contribution in [3.8, 4) is 0 Å². The van der Waals surface area contributed by atoms with Crippen molar-refractivity contribution in [1.82, 2.24) is 14.9 Å². The fraction of sp³-hybridized carbons (Fsp3) is 0.500. The molecule has 0 aliphatic rings. The third-order valence-electron chi connectivity index (χ3n) is 1.41. The molecule has 1 aromatic rings. The van der Waals surface area contributed by atoms with Crippen molar-refractivity contribution in [3.63, 3.8) is 0 Å². The molecule has 4 nitrogen and oxygen atoms in total. The average molecular weight is 244 g/mol. The van der Waals surface area contributed by atoms with E-state index in [4.69, 9.17) is 0 Å². The van der Waals surface area contributed by atoms with E-state index in [1.54, 1.807) is 6.20 Å². The molecule has 0 spiro atoms. The van der Waals surface area contributed by atoms with E-state index in [1.807, 2.05) is 14.1 Å². The Morgan fingerprint density at radius 3 is 2.92 bits per heavy atom. The van der Waals surface area contributed by atoms with Crippen molar-refractivity contribution >= 4 is 21.9 Å². The number of anilines is 1. The molecule has 13 heavy (non-hydrogen) atoms. The number of hydrogen-bond donors (Lipinski definition) is 1. The summed E-state index contributed by atoms with van der Waals surface area (Å²) in [4.78, 5) is 10.1. The SMILES string of the molecule is CN(C)CCNc1n[c]c(Br)cn1. The van der Waals surface area contributed by atoms with Gasteiger partial charge in [-0.3, -0.25) is 0 Å². The van der Waals surface area contributed by atoms with E-state index in [1.165, 1.54) is 0 Å². The molecule has 0 aromatic carbocycles. The topological polar surface area (TPSA) is 41.0 Å². The van der Waals surface area contributed by atoms with Crippen LogP contribution in [0.3, 0.4) is 0 Å². The van der Waals surface area contributed by atoms with Crippen LogP contribution in [-0.4, -0.2) is 42.1 Å². The van der Waals surface area contributed by atoms with Gasteiger partial charge in [0, 0.05) is 19.3 Å². The van der Waals surface area contributed by atoms with E-state index in [0.29, 0.717) is 5.95 Å². The second kappa shape index (κ2) is 5.14. The summed E-state index contributed by atoms with van der Waals surface area (Å²) in [7, 11) is 4.05. The van der Waals surface area contributed by atoms with Gasteiger partial charge in [-0.05, 0) is 30.0 Å². The number of nitrogens with zero attached hydrogens (tertiary/aromatic N) is 3. The van der Waals surface area contributed by atoms with E-state index in [2.05, 4.69) is 42.3 Å². The number of nitrogens with one attached hydrogen (secondary N) is 1. The van der Waals surface area contributed by atoms with Gasteiger partial charge in [-0.1, -0.05) is 0 Å². The van der Waals surface area contributed by atoms with Crippen molar-refractivity contribution in [2.24, 2.45) is 0 Å². The molecule has 1 radical (unpaired) electrons. The van der Waals surface area contributed by atoms with Gasteiger partial charge in [0.25, 0.3) is 0 Å². The lowest BCUT2D eigenvalue weighted by atomic mass is 10.6. The fourth-order valence-electron chi connectivity index (χ4n) is 0.758. The van der Waals surface area contributed by atoms with Crippen LogP contribution in [-0.2, 0) is 0 Å². The van der Waals surface area contributed by atoms with E-state index in [0.717, 1.165) is 17.6 Å². The van der Waals surface area contributed by atoms with E-state index in [9.17, 15) is 0 Å². The molecular formula is C8H12BrN4. The summed E-state index contributed by atoms with van der Waals surface area (Å²) in [5.74, 6) is 0.616. The molecule has 1 aromatic heterocycles. The first-order chi connectivity index (χ1) is 6.18. The number of halogens is 1. The predicted octanol–water partition coefficient (Wildman–Crippen LogP) is 1.01. The van der Waals surface area contributed by atoms with Crippen LogP contribution in [0, 0.1) is 6.20 Å². The largest absolute Gasteiger partial charge is 0.353 e. The van der Waals surface area contributed by atoms with Gasteiger partial charge in [0.2, 0.25) is 5.95 Å².